The zero-order chi connectivity index (χ0) is 14.6. The molecule has 0 aliphatic rings. The van der Waals surface area contributed by atoms with E-state index in [-0.39, 0.29) is 11.8 Å². The Balaban J connectivity index is 2.71. The van der Waals surface area contributed by atoms with E-state index in [1.807, 2.05) is 6.92 Å². The molecule has 0 saturated carbocycles. The lowest BCUT2D eigenvalue weighted by Crippen LogP contribution is -2.27. The van der Waals surface area contributed by atoms with Crippen molar-refractivity contribution >= 4 is 0 Å². The van der Waals surface area contributed by atoms with E-state index in [0.29, 0.717) is 17.0 Å². The summed E-state index contributed by atoms with van der Waals surface area (Å²) in [6, 6.07) is 3.36. The van der Waals surface area contributed by atoms with E-state index in [0.717, 1.165) is 13.1 Å². The third kappa shape index (κ3) is 4.27. The Bertz CT molecular complexity index is 415. The van der Waals surface area contributed by atoms with Gasteiger partial charge in [0.1, 0.15) is 0 Å². The molecule has 0 saturated heterocycles. The van der Waals surface area contributed by atoms with Crippen molar-refractivity contribution in [2.45, 2.75) is 40.5 Å². The Hall–Kier alpha value is -0.960. The van der Waals surface area contributed by atoms with Gasteiger partial charge in [-0.05, 0) is 48.9 Å². The second kappa shape index (κ2) is 6.99. The molecule has 1 aromatic carbocycles. The summed E-state index contributed by atoms with van der Waals surface area (Å²) in [5.41, 5.74) is 0.834. The summed E-state index contributed by atoms with van der Waals surface area (Å²) >= 11 is 0. The van der Waals surface area contributed by atoms with Crippen molar-refractivity contribution < 1.29 is 8.78 Å². The monoisotopic (exact) mass is 269 g/mol. The van der Waals surface area contributed by atoms with E-state index in [4.69, 9.17) is 0 Å². The molecule has 0 spiro atoms. The van der Waals surface area contributed by atoms with Gasteiger partial charge in [0.2, 0.25) is 0 Å². The smallest absolute Gasteiger partial charge is 0.162 e. The number of aryl methyl sites for hydroxylation is 1. The first-order valence-corrected chi connectivity index (χ1v) is 6.99. The Morgan fingerprint density at radius 3 is 2.21 bits per heavy atom. The molecule has 1 N–H and O–H groups in total. The maximum Gasteiger partial charge on any atom is 0.162 e. The van der Waals surface area contributed by atoms with E-state index < -0.39 is 11.6 Å². The molecule has 108 valence electrons. The molecule has 0 aliphatic heterocycles. The van der Waals surface area contributed by atoms with E-state index in [9.17, 15) is 8.78 Å². The second-order valence-electron chi connectivity index (χ2n) is 5.92. The molecule has 0 aliphatic carbocycles. The predicted octanol–water partition coefficient (Wildman–Crippen LogP) is 4.26. The molecule has 0 amide bonds. The van der Waals surface area contributed by atoms with Gasteiger partial charge in [0, 0.05) is 0 Å². The van der Waals surface area contributed by atoms with E-state index >= 15 is 0 Å². The first kappa shape index (κ1) is 16.1. The van der Waals surface area contributed by atoms with Gasteiger partial charge in [-0.3, -0.25) is 0 Å². The number of hydrogen-bond donors (Lipinski definition) is 1. The van der Waals surface area contributed by atoms with Crippen molar-refractivity contribution in [1.29, 1.82) is 0 Å². The third-order valence-corrected chi connectivity index (χ3v) is 3.67. The second-order valence-corrected chi connectivity index (χ2v) is 5.92. The van der Waals surface area contributed by atoms with E-state index in [1.165, 1.54) is 0 Å². The molecule has 2 unspecified atom stereocenters. The first-order chi connectivity index (χ1) is 8.84. The van der Waals surface area contributed by atoms with Gasteiger partial charge in [-0.1, -0.05) is 39.8 Å². The molecule has 19 heavy (non-hydrogen) atoms. The van der Waals surface area contributed by atoms with Gasteiger partial charge in [-0.25, -0.2) is 8.78 Å². The van der Waals surface area contributed by atoms with Gasteiger partial charge in [0.05, 0.1) is 0 Å². The number of nitrogens with one attached hydrogen (secondary N) is 1. The lowest BCUT2D eigenvalue weighted by molar-refractivity contribution is 0.409. The minimum Gasteiger partial charge on any atom is -0.316 e. The molecule has 2 atom stereocenters. The maximum atomic E-state index is 13.9. The molecule has 0 aromatic heterocycles. The van der Waals surface area contributed by atoms with Crippen LogP contribution in [0.5, 0.6) is 0 Å². The van der Waals surface area contributed by atoms with Crippen molar-refractivity contribution in [2.24, 2.45) is 11.8 Å². The number of benzene rings is 1. The van der Waals surface area contributed by atoms with Gasteiger partial charge in [0.15, 0.2) is 11.6 Å². The van der Waals surface area contributed by atoms with Gasteiger partial charge in [-0.2, -0.15) is 0 Å². The molecule has 1 nitrogen and oxygen atoms in total. The van der Waals surface area contributed by atoms with Crippen molar-refractivity contribution in [1.82, 2.24) is 5.32 Å². The van der Waals surface area contributed by atoms with Crippen LogP contribution >= 0.6 is 0 Å². The zero-order valence-electron chi connectivity index (χ0n) is 12.6. The van der Waals surface area contributed by atoms with Crippen LogP contribution < -0.4 is 5.32 Å². The summed E-state index contributed by atoms with van der Waals surface area (Å²) in [7, 11) is 0. The van der Waals surface area contributed by atoms with Gasteiger partial charge in [0.25, 0.3) is 0 Å². The summed E-state index contributed by atoms with van der Waals surface area (Å²) < 4.78 is 27.5. The molecule has 0 heterocycles. The Morgan fingerprint density at radius 2 is 1.63 bits per heavy atom. The van der Waals surface area contributed by atoms with Crippen LogP contribution in [-0.2, 0) is 0 Å². The molecular formula is C16H25F2N. The summed E-state index contributed by atoms with van der Waals surface area (Å²) in [6.07, 6.45) is 0. The fourth-order valence-electron chi connectivity index (χ4n) is 2.10. The summed E-state index contributed by atoms with van der Waals surface area (Å²) in [6.45, 7) is 11.7. The Labute approximate surface area is 115 Å². The minimum atomic E-state index is -0.716. The fourth-order valence-corrected chi connectivity index (χ4v) is 2.10. The average molecular weight is 269 g/mol. The molecular weight excluding hydrogens is 244 g/mol. The first-order valence-electron chi connectivity index (χ1n) is 6.99. The predicted molar refractivity (Wildman–Crippen MR) is 76.4 cm³/mol. The van der Waals surface area contributed by atoms with E-state index in [2.05, 4.69) is 26.1 Å². The quantitative estimate of drug-likeness (QED) is 0.813. The Kier molecular flexibility index (Phi) is 5.92. The molecule has 0 fully saturated rings. The topological polar surface area (TPSA) is 12.0 Å². The van der Waals surface area contributed by atoms with Crippen LogP contribution in [0.4, 0.5) is 8.78 Å². The van der Waals surface area contributed by atoms with Crippen LogP contribution in [0.1, 0.15) is 44.7 Å². The number of rotatable bonds is 6. The number of halogens is 2. The maximum absolute atomic E-state index is 13.9. The van der Waals surface area contributed by atoms with Gasteiger partial charge < -0.3 is 5.32 Å². The Morgan fingerprint density at radius 1 is 1.00 bits per heavy atom. The van der Waals surface area contributed by atoms with E-state index in [1.54, 1.807) is 19.1 Å². The number of hydrogen-bond acceptors (Lipinski definition) is 1. The normalized spacial score (nSPS) is 14.7. The standard InChI is InChI=1S/C16H25F2N/c1-10(2)8-19-9-12(4)13(5)14-7-6-11(3)15(17)16(14)18/h6-7,10,12-13,19H,8-9H2,1-5H3. The fraction of sp³-hybridized carbons (Fsp3) is 0.625. The van der Waals surface area contributed by atoms with Crippen molar-refractivity contribution in [3.05, 3.63) is 34.9 Å². The van der Waals surface area contributed by atoms with Crippen LogP contribution in [-0.4, -0.2) is 13.1 Å². The third-order valence-electron chi connectivity index (χ3n) is 3.67. The van der Waals surface area contributed by atoms with Gasteiger partial charge in [-0.15, -0.1) is 0 Å². The highest BCUT2D eigenvalue weighted by Crippen LogP contribution is 2.28. The van der Waals surface area contributed by atoms with Crippen LogP contribution in [0.15, 0.2) is 12.1 Å². The molecule has 0 radical (unpaired) electrons. The largest absolute Gasteiger partial charge is 0.316 e. The summed E-state index contributed by atoms with van der Waals surface area (Å²) in [5, 5.41) is 3.36. The average Bonchev–Trinajstić information content (AvgIpc) is 2.35. The SMILES string of the molecule is Cc1ccc(C(C)C(C)CNCC(C)C)c(F)c1F. The lowest BCUT2D eigenvalue weighted by Gasteiger charge is -2.22. The van der Waals surface area contributed by atoms with Crippen LogP contribution in [0.3, 0.4) is 0 Å². The molecule has 1 rings (SSSR count). The van der Waals surface area contributed by atoms with Crippen molar-refractivity contribution in [2.75, 3.05) is 13.1 Å². The lowest BCUT2D eigenvalue weighted by atomic mass is 9.88. The minimum absolute atomic E-state index is 0.00485. The summed E-state index contributed by atoms with van der Waals surface area (Å²) in [4.78, 5) is 0. The molecule has 3 heteroatoms. The molecule has 1 aromatic rings. The van der Waals surface area contributed by atoms with Gasteiger partial charge >= 0.3 is 0 Å². The molecule has 0 bridgehead atoms. The highest BCUT2D eigenvalue weighted by Gasteiger charge is 2.20. The highest BCUT2D eigenvalue weighted by molar-refractivity contribution is 5.28. The van der Waals surface area contributed by atoms with Crippen molar-refractivity contribution in [3.8, 4) is 0 Å². The zero-order valence-corrected chi connectivity index (χ0v) is 12.6. The highest BCUT2D eigenvalue weighted by atomic mass is 19.2. The van der Waals surface area contributed by atoms with Crippen LogP contribution in [0.25, 0.3) is 0 Å². The van der Waals surface area contributed by atoms with Crippen molar-refractivity contribution in [3.63, 3.8) is 0 Å². The summed E-state index contributed by atoms with van der Waals surface area (Å²) in [5.74, 6) is -0.559. The van der Waals surface area contributed by atoms with Crippen LogP contribution in [0, 0.1) is 30.4 Å². The van der Waals surface area contributed by atoms with Crippen LogP contribution in [0.2, 0.25) is 0 Å².